The summed E-state index contributed by atoms with van der Waals surface area (Å²) >= 11 is 7.43. The van der Waals surface area contributed by atoms with Gasteiger partial charge < -0.3 is 15.4 Å². The third kappa shape index (κ3) is 6.51. The van der Waals surface area contributed by atoms with E-state index in [1.165, 1.54) is 42.7 Å². The highest BCUT2D eigenvalue weighted by atomic mass is 35.5. The van der Waals surface area contributed by atoms with Gasteiger partial charge in [0.05, 0.1) is 29.9 Å². The van der Waals surface area contributed by atoms with Gasteiger partial charge in [-0.3, -0.25) is 4.79 Å². The van der Waals surface area contributed by atoms with Gasteiger partial charge in [0.15, 0.2) is 5.13 Å². The molecule has 0 unspecified atom stereocenters. The number of hydrogen-bond donors (Lipinski definition) is 2. The van der Waals surface area contributed by atoms with Crippen molar-refractivity contribution < 1.29 is 17.9 Å². The molecule has 11 heteroatoms. The van der Waals surface area contributed by atoms with Crippen LogP contribution in [0.15, 0.2) is 77.0 Å². The maximum atomic E-state index is 13.6. The molecule has 2 N–H and O–H groups in total. The average Bonchev–Trinajstić information content (AvgIpc) is 3.38. The monoisotopic (exact) mass is 570 g/mol. The topological polar surface area (TPSA) is 101 Å². The van der Waals surface area contributed by atoms with Gasteiger partial charge in [0, 0.05) is 29.6 Å². The molecule has 4 rings (SSSR count). The number of rotatable bonds is 10. The van der Waals surface area contributed by atoms with Crippen LogP contribution in [0.2, 0.25) is 5.02 Å². The molecule has 0 atom stereocenters. The van der Waals surface area contributed by atoms with Gasteiger partial charge in [0.2, 0.25) is 15.9 Å². The summed E-state index contributed by atoms with van der Waals surface area (Å²) in [5.41, 5.74) is 3.68. The van der Waals surface area contributed by atoms with Crippen molar-refractivity contribution in [2.24, 2.45) is 0 Å². The van der Waals surface area contributed by atoms with Gasteiger partial charge in [-0.15, -0.1) is 11.3 Å². The number of aromatic nitrogens is 1. The summed E-state index contributed by atoms with van der Waals surface area (Å²) in [7, 11) is -0.720. The van der Waals surface area contributed by atoms with E-state index >= 15 is 0 Å². The summed E-state index contributed by atoms with van der Waals surface area (Å²) in [5, 5.41) is 8.91. The predicted molar refractivity (Wildman–Crippen MR) is 153 cm³/mol. The molecule has 0 fully saturated rings. The number of anilines is 2. The van der Waals surface area contributed by atoms with Crippen molar-refractivity contribution in [3.8, 4) is 17.0 Å². The Morgan fingerprint density at radius 2 is 1.87 bits per heavy atom. The molecule has 0 saturated carbocycles. The highest BCUT2D eigenvalue weighted by Crippen LogP contribution is 2.32. The van der Waals surface area contributed by atoms with E-state index < -0.39 is 22.5 Å². The lowest BCUT2D eigenvalue weighted by molar-refractivity contribution is -0.116. The van der Waals surface area contributed by atoms with Crippen molar-refractivity contribution in [2.45, 2.75) is 18.4 Å². The van der Waals surface area contributed by atoms with Crippen LogP contribution in [0, 0.1) is 6.92 Å². The molecule has 0 aliphatic heterocycles. The number of amides is 1. The van der Waals surface area contributed by atoms with Crippen molar-refractivity contribution in [3.63, 3.8) is 0 Å². The van der Waals surface area contributed by atoms with Crippen LogP contribution in [0.1, 0.15) is 11.1 Å². The highest BCUT2D eigenvalue weighted by Gasteiger charge is 2.27. The fraction of sp³-hybridized carbons (Fsp3) is 0.185. The maximum absolute atomic E-state index is 13.6. The van der Waals surface area contributed by atoms with Crippen molar-refractivity contribution >= 4 is 49.7 Å². The van der Waals surface area contributed by atoms with Crippen LogP contribution in [0.25, 0.3) is 11.3 Å². The Labute approximate surface area is 231 Å². The van der Waals surface area contributed by atoms with Crippen LogP contribution in [-0.4, -0.2) is 44.3 Å². The summed E-state index contributed by atoms with van der Waals surface area (Å²) < 4.78 is 33.7. The van der Waals surface area contributed by atoms with Gasteiger partial charge in [0.25, 0.3) is 0 Å². The number of aryl methyl sites for hydroxylation is 1. The zero-order valence-corrected chi connectivity index (χ0v) is 23.5. The smallest absolute Gasteiger partial charge is 0.243 e. The zero-order valence-electron chi connectivity index (χ0n) is 21.1. The van der Waals surface area contributed by atoms with Gasteiger partial charge in [-0.2, -0.15) is 4.31 Å². The van der Waals surface area contributed by atoms with E-state index in [4.69, 9.17) is 16.3 Å². The van der Waals surface area contributed by atoms with E-state index in [-0.39, 0.29) is 11.4 Å². The lowest BCUT2D eigenvalue weighted by Gasteiger charge is -2.22. The van der Waals surface area contributed by atoms with E-state index in [1.54, 1.807) is 19.2 Å². The first kappa shape index (κ1) is 27.6. The van der Waals surface area contributed by atoms with Crippen molar-refractivity contribution in [1.29, 1.82) is 0 Å². The Morgan fingerprint density at radius 1 is 1.11 bits per heavy atom. The standard InChI is InChI=1S/C27H27ClN4O4S2/c1-18-5-4-6-19(13-18)15-32(38(34,35)22-10-8-21(28)9-11-22)16-26(33)30-23-14-20(7-12-25(23)36-3)24-17-37-27(29-2)31-24/h4-14,17H,15-16H2,1-3H3,(H,29,31)(H,30,33). The Kier molecular flexibility index (Phi) is 8.68. The van der Waals surface area contributed by atoms with Crippen LogP contribution in [0.5, 0.6) is 5.75 Å². The number of hydrogen-bond acceptors (Lipinski definition) is 7. The van der Waals surface area contributed by atoms with E-state index in [1.807, 2.05) is 42.6 Å². The molecule has 198 valence electrons. The van der Waals surface area contributed by atoms with E-state index in [9.17, 15) is 13.2 Å². The minimum absolute atomic E-state index is 0.0167. The third-order valence-electron chi connectivity index (χ3n) is 5.70. The molecule has 1 heterocycles. The minimum atomic E-state index is -4.02. The van der Waals surface area contributed by atoms with Gasteiger partial charge in [-0.25, -0.2) is 13.4 Å². The number of nitrogens with one attached hydrogen (secondary N) is 2. The fourth-order valence-corrected chi connectivity index (χ4v) is 6.02. The van der Waals surface area contributed by atoms with Crippen molar-refractivity contribution in [3.05, 3.63) is 88.3 Å². The second-order valence-electron chi connectivity index (χ2n) is 8.47. The Hall–Kier alpha value is -3.44. The number of thiazole rings is 1. The Bertz CT molecular complexity index is 1540. The van der Waals surface area contributed by atoms with Gasteiger partial charge >= 0.3 is 0 Å². The van der Waals surface area contributed by atoms with E-state index in [0.29, 0.717) is 16.5 Å². The Balaban J connectivity index is 1.62. The summed E-state index contributed by atoms with van der Waals surface area (Å²) in [5.74, 6) is -0.0724. The molecule has 0 bridgehead atoms. The highest BCUT2D eigenvalue weighted by molar-refractivity contribution is 7.89. The van der Waals surface area contributed by atoms with Crippen LogP contribution in [-0.2, 0) is 21.4 Å². The van der Waals surface area contributed by atoms with Gasteiger partial charge in [-0.1, -0.05) is 41.4 Å². The van der Waals surface area contributed by atoms with Gasteiger partial charge in [0.1, 0.15) is 5.75 Å². The second-order valence-corrected chi connectivity index (χ2v) is 11.7. The molecule has 0 aliphatic carbocycles. The van der Waals surface area contributed by atoms with Crippen LogP contribution < -0.4 is 15.4 Å². The molecule has 0 radical (unpaired) electrons. The quantitative estimate of drug-likeness (QED) is 0.255. The number of ether oxygens (including phenoxy) is 1. The molecular weight excluding hydrogens is 544 g/mol. The number of nitrogens with zero attached hydrogens (tertiary/aromatic N) is 2. The fourth-order valence-electron chi connectivity index (χ4n) is 3.83. The lowest BCUT2D eigenvalue weighted by Crippen LogP contribution is -2.37. The van der Waals surface area contributed by atoms with E-state index in [0.717, 1.165) is 31.8 Å². The van der Waals surface area contributed by atoms with Crippen LogP contribution in [0.3, 0.4) is 0 Å². The largest absolute Gasteiger partial charge is 0.495 e. The molecule has 3 aromatic carbocycles. The molecule has 0 aliphatic rings. The van der Waals surface area contributed by atoms with Crippen LogP contribution >= 0.6 is 22.9 Å². The molecule has 8 nitrogen and oxygen atoms in total. The lowest BCUT2D eigenvalue weighted by atomic mass is 10.1. The molecule has 1 aromatic heterocycles. The van der Waals surface area contributed by atoms with Crippen molar-refractivity contribution in [1.82, 2.24) is 9.29 Å². The zero-order chi connectivity index (χ0) is 27.3. The number of carbonyl (C=O) groups is 1. The third-order valence-corrected chi connectivity index (χ3v) is 8.62. The van der Waals surface area contributed by atoms with Crippen molar-refractivity contribution in [2.75, 3.05) is 31.3 Å². The van der Waals surface area contributed by atoms with Crippen LogP contribution in [0.4, 0.5) is 10.8 Å². The summed E-state index contributed by atoms with van der Waals surface area (Å²) in [6, 6.07) is 18.7. The first-order valence-corrected chi connectivity index (χ1v) is 14.3. The molecular formula is C27H27ClN4O4S2. The molecule has 0 saturated heterocycles. The minimum Gasteiger partial charge on any atom is -0.495 e. The number of methoxy groups -OCH3 is 1. The number of halogens is 1. The first-order chi connectivity index (χ1) is 18.2. The molecule has 1 amide bonds. The maximum Gasteiger partial charge on any atom is 0.243 e. The second kappa shape index (κ2) is 12.0. The normalized spacial score (nSPS) is 11.4. The summed E-state index contributed by atoms with van der Waals surface area (Å²) in [4.78, 5) is 17.8. The summed E-state index contributed by atoms with van der Waals surface area (Å²) in [6.07, 6.45) is 0. The van der Waals surface area contributed by atoms with E-state index in [2.05, 4.69) is 15.6 Å². The Morgan fingerprint density at radius 3 is 2.53 bits per heavy atom. The number of sulfonamides is 1. The number of benzene rings is 3. The molecule has 0 spiro atoms. The molecule has 4 aromatic rings. The summed E-state index contributed by atoms with van der Waals surface area (Å²) in [6.45, 7) is 1.53. The molecule has 38 heavy (non-hydrogen) atoms. The SMILES string of the molecule is CNc1nc(-c2ccc(OC)c(NC(=O)CN(Cc3cccc(C)c3)S(=O)(=O)c3ccc(Cl)cc3)c2)cs1. The van der Waals surface area contributed by atoms with Gasteiger partial charge in [-0.05, 0) is 55.0 Å². The predicted octanol–water partition coefficient (Wildman–Crippen LogP) is 5.65. The number of carbonyl (C=O) groups excluding carboxylic acids is 1. The first-order valence-electron chi connectivity index (χ1n) is 11.6. The average molecular weight is 571 g/mol.